The number of rotatable bonds is 8. The number of hydrogen-bond donors (Lipinski definition) is 1. The highest BCUT2D eigenvalue weighted by Gasteiger charge is 2.31. The summed E-state index contributed by atoms with van der Waals surface area (Å²) in [5.41, 5.74) is 1.56. The molecule has 3 rings (SSSR count). The van der Waals surface area contributed by atoms with Gasteiger partial charge in [0, 0.05) is 19.6 Å². The van der Waals surface area contributed by atoms with Crippen molar-refractivity contribution in [3.8, 4) is 11.5 Å². The highest BCUT2D eigenvalue weighted by molar-refractivity contribution is 7.89. The molecular formula is C22H31N3O4S. The average Bonchev–Trinajstić information content (AvgIpc) is 2.69. The van der Waals surface area contributed by atoms with Gasteiger partial charge in [-0.1, -0.05) is 6.07 Å². The summed E-state index contributed by atoms with van der Waals surface area (Å²) in [4.78, 5) is 4.68. The topological polar surface area (TPSA) is 71.1 Å². The summed E-state index contributed by atoms with van der Waals surface area (Å²) in [6, 6.07) is 12.2. The fourth-order valence-corrected chi connectivity index (χ4v) is 4.44. The molecular weight excluding hydrogens is 402 g/mol. The Labute approximate surface area is 179 Å². The Hall–Kier alpha value is -2.29. The van der Waals surface area contributed by atoms with Gasteiger partial charge in [-0.15, -0.1) is 0 Å². The number of fused-ring (bicyclic) bond motifs is 1. The molecule has 0 radical (unpaired) electrons. The molecule has 0 fully saturated rings. The zero-order valence-corrected chi connectivity index (χ0v) is 19.1. The van der Waals surface area contributed by atoms with Crippen molar-refractivity contribution in [3.63, 3.8) is 0 Å². The van der Waals surface area contributed by atoms with Crippen LogP contribution in [0.25, 0.3) is 0 Å². The first-order chi connectivity index (χ1) is 14.1. The van der Waals surface area contributed by atoms with Crippen LogP contribution in [0.1, 0.15) is 19.4 Å². The fourth-order valence-electron chi connectivity index (χ4n) is 3.42. The molecule has 0 atom stereocenters. The predicted octanol–water partition coefficient (Wildman–Crippen LogP) is 2.71. The molecule has 0 amide bonds. The van der Waals surface area contributed by atoms with Crippen LogP contribution in [0.2, 0.25) is 0 Å². The normalized spacial score (nSPS) is 15.6. The number of methoxy groups -OCH3 is 1. The number of anilines is 1. The van der Waals surface area contributed by atoms with E-state index in [0.717, 1.165) is 36.6 Å². The maximum Gasteiger partial charge on any atom is 0.240 e. The lowest BCUT2D eigenvalue weighted by Crippen LogP contribution is -2.48. The van der Waals surface area contributed by atoms with E-state index in [1.165, 1.54) is 12.1 Å². The van der Waals surface area contributed by atoms with Crippen molar-refractivity contribution in [2.24, 2.45) is 0 Å². The van der Waals surface area contributed by atoms with Crippen LogP contribution in [-0.2, 0) is 16.6 Å². The van der Waals surface area contributed by atoms with Crippen LogP contribution in [0.15, 0.2) is 47.4 Å². The van der Waals surface area contributed by atoms with Gasteiger partial charge in [-0.3, -0.25) is 0 Å². The highest BCUT2D eigenvalue weighted by atomic mass is 32.2. The Kier molecular flexibility index (Phi) is 6.59. The van der Waals surface area contributed by atoms with Gasteiger partial charge >= 0.3 is 0 Å². The van der Waals surface area contributed by atoms with Crippen molar-refractivity contribution in [2.75, 3.05) is 45.7 Å². The van der Waals surface area contributed by atoms with E-state index >= 15 is 0 Å². The van der Waals surface area contributed by atoms with Crippen LogP contribution in [0.3, 0.4) is 0 Å². The molecule has 1 heterocycles. The van der Waals surface area contributed by atoms with Crippen LogP contribution in [0.4, 0.5) is 5.69 Å². The van der Waals surface area contributed by atoms with E-state index in [1.54, 1.807) is 19.2 Å². The van der Waals surface area contributed by atoms with Crippen molar-refractivity contribution in [1.82, 2.24) is 9.62 Å². The second-order valence-corrected chi connectivity index (χ2v) is 10.2. The molecule has 1 N–H and O–H groups in total. The molecule has 0 aliphatic carbocycles. The van der Waals surface area contributed by atoms with E-state index in [0.29, 0.717) is 5.75 Å². The van der Waals surface area contributed by atoms with Gasteiger partial charge in [0.15, 0.2) is 0 Å². The zero-order valence-electron chi connectivity index (χ0n) is 18.3. The minimum absolute atomic E-state index is 0.184. The molecule has 0 bridgehead atoms. The number of likely N-dealkylation sites (N-methyl/N-ethyl adjacent to an activating group) is 1. The van der Waals surface area contributed by atoms with Gasteiger partial charge < -0.3 is 19.3 Å². The Morgan fingerprint density at radius 2 is 1.87 bits per heavy atom. The van der Waals surface area contributed by atoms with Gasteiger partial charge in [-0.25, -0.2) is 13.1 Å². The van der Waals surface area contributed by atoms with Crippen molar-refractivity contribution in [1.29, 1.82) is 0 Å². The number of benzene rings is 2. The average molecular weight is 434 g/mol. The quantitative estimate of drug-likeness (QED) is 0.690. The fraction of sp³-hybridized carbons (Fsp3) is 0.455. The Balaban J connectivity index is 1.75. The standard InChI is InChI=1S/C22H31N3O4S/c1-22(2)16-25(13-12-24(3)4)20-11-6-17(14-21(20)29-22)15-23-30(26,27)19-9-7-18(28-5)8-10-19/h6-11,14,23H,12-13,15-16H2,1-5H3. The molecule has 1 aliphatic rings. The van der Waals surface area contributed by atoms with Crippen molar-refractivity contribution in [2.45, 2.75) is 30.9 Å². The van der Waals surface area contributed by atoms with Crippen molar-refractivity contribution < 1.29 is 17.9 Å². The molecule has 164 valence electrons. The summed E-state index contributed by atoms with van der Waals surface area (Å²) in [6.07, 6.45) is 0. The predicted molar refractivity (Wildman–Crippen MR) is 119 cm³/mol. The lowest BCUT2D eigenvalue weighted by molar-refractivity contribution is 0.104. The number of nitrogens with zero attached hydrogens (tertiary/aromatic N) is 2. The highest BCUT2D eigenvalue weighted by Crippen LogP contribution is 2.37. The lowest BCUT2D eigenvalue weighted by Gasteiger charge is -2.41. The molecule has 0 saturated carbocycles. The third-order valence-corrected chi connectivity index (χ3v) is 6.39. The van der Waals surface area contributed by atoms with Gasteiger partial charge in [0.2, 0.25) is 10.0 Å². The van der Waals surface area contributed by atoms with Gasteiger partial charge in [0.05, 0.1) is 24.2 Å². The molecule has 2 aromatic carbocycles. The molecule has 30 heavy (non-hydrogen) atoms. The van der Waals surface area contributed by atoms with E-state index in [1.807, 2.05) is 18.2 Å². The van der Waals surface area contributed by atoms with Crippen LogP contribution in [0.5, 0.6) is 11.5 Å². The van der Waals surface area contributed by atoms with Crippen LogP contribution < -0.4 is 19.1 Å². The van der Waals surface area contributed by atoms with E-state index in [2.05, 4.69) is 42.5 Å². The molecule has 8 heteroatoms. The second kappa shape index (κ2) is 8.83. The Morgan fingerprint density at radius 3 is 2.50 bits per heavy atom. The summed E-state index contributed by atoms with van der Waals surface area (Å²) in [7, 11) is 2.05. The summed E-state index contributed by atoms with van der Waals surface area (Å²) in [5, 5.41) is 0. The molecule has 7 nitrogen and oxygen atoms in total. The maximum atomic E-state index is 12.6. The lowest BCUT2D eigenvalue weighted by atomic mass is 10.0. The first-order valence-electron chi connectivity index (χ1n) is 9.95. The third kappa shape index (κ3) is 5.44. The smallest absolute Gasteiger partial charge is 0.240 e. The zero-order chi connectivity index (χ0) is 21.9. The molecule has 0 spiro atoms. The summed E-state index contributed by atoms with van der Waals surface area (Å²) in [6.45, 7) is 6.96. The number of ether oxygens (including phenoxy) is 2. The van der Waals surface area contributed by atoms with E-state index in [4.69, 9.17) is 9.47 Å². The summed E-state index contributed by atoms with van der Waals surface area (Å²) < 4.78 is 39.1. The Morgan fingerprint density at radius 1 is 1.17 bits per heavy atom. The second-order valence-electron chi connectivity index (χ2n) is 8.39. The minimum atomic E-state index is -3.62. The number of nitrogens with one attached hydrogen (secondary N) is 1. The van der Waals surface area contributed by atoms with Gasteiger partial charge in [-0.2, -0.15) is 0 Å². The van der Waals surface area contributed by atoms with E-state index < -0.39 is 10.0 Å². The van der Waals surface area contributed by atoms with Crippen LogP contribution in [0, 0.1) is 0 Å². The minimum Gasteiger partial charge on any atom is -0.497 e. The molecule has 0 saturated heterocycles. The van der Waals surface area contributed by atoms with Crippen LogP contribution >= 0.6 is 0 Å². The third-order valence-electron chi connectivity index (χ3n) is 4.98. The first kappa shape index (κ1) is 22.4. The van der Waals surface area contributed by atoms with E-state index in [9.17, 15) is 8.42 Å². The largest absolute Gasteiger partial charge is 0.497 e. The molecule has 2 aromatic rings. The van der Waals surface area contributed by atoms with E-state index in [-0.39, 0.29) is 17.0 Å². The maximum absolute atomic E-state index is 12.6. The summed E-state index contributed by atoms with van der Waals surface area (Å²) >= 11 is 0. The monoisotopic (exact) mass is 433 g/mol. The van der Waals surface area contributed by atoms with Crippen molar-refractivity contribution >= 4 is 15.7 Å². The van der Waals surface area contributed by atoms with Gasteiger partial charge in [-0.05, 0) is 69.9 Å². The van der Waals surface area contributed by atoms with Crippen molar-refractivity contribution in [3.05, 3.63) is 48.0 Å². The number of sulfonamides is 1. The SMILES string of the molecule is COc1ccc(S(=O)(=O)NCc2ccc3c(c2)OC(C)(C)CN3CCN(C)C)cc1. The molecule has 0 aromatic heterocycles. The number of hydrogen-bond acceptors (Lipinski definition) is 6. The first-order valence-corrected chi connectivity index (χ1v) is 11.4. The molecule has 0 unspecified atom stereocenters. The van der Waals surface area contributed by atoms with Crippen LogP contribution in [-0.4, -0.2) is 59.8 Å². The Bertz CT molecular complexity index is 972. The van der Waals surface area contributed by atoms with Gasteiger partial charge in [0.25, 0.3) is 0 Å². The summed E-state index contributed by atoms with van der Waals surface area (Å²) in [5.74, 6) is 1.40. The van der Waals surface area contributed by atoms with Gasteiger partial charge in [0.1, 0.15) is 17.1 Å². The molecule has 1 aliphatic heterocycles.